The maximum Gasteiger partial charge on any atom is 0.344 e. The van der Waals surface area contributed by atoms with E-state index in [0.717, 1.165) is 18.9 Å². The molecule has 86 valence electrons. The van der Waals surface area contributed by atoms with Gasteiger partial charge in [0.15, 0.2) is 0 Å². The first kappa shape index (κ1) is 14.4. The third-order valence-electron chi connectivity index (χ3n) is 1.33. The van der Waals surface area contributed by atoms with Crippen molar-refractivity contribution in [3.05, 3.63) is 9.66 Å². The summed E-state index contributed by atoms with van der Waals surface area (Å²) < 4.78 is 9.86. The number of carbonyl (C=O) groups is 2. The lowest BCUT2D eigenvalue weighted by molar-refractivity contribution is -0.140. The van der Waals surface area contributed by atoms with E-state index in [0.29, 0.717) is 13.2 Å². The summed E-state index contributed by atoms with van der Waals surface area (Å²) in [4.78, 5) is 22.3. The van der Waals surface area contributed by atoms with E-state index in [2.05, 4.69) is 0 Å². The molecule has 0 aliphatic carbocycles. The summed E-state index contributed by atoms with van der Waals surface area (Å²) >= 11 is 1.76. The molecule has 0 bridgehead atoms. The molecule has 0 aromatic rings. The third-order valence-corrected chi connectivity index (χ3v) is 2.08. The normalized spacial score (nSPS) is 11.0. The van der Waals surface area contributed by atoms with Gasteiger partial charge in [-0.2, -0.15) is 0 Å². The number of hydrogen-bond acceptors (Lipinski definition) is 4. The molecule has 0 spiro atoms. The Morgan fingerprint density at radius 3 is 2.20 bits per heavy atom. The van der Waals surface area contributed by atoms with Gasteiger partial charge < -0.3 is 9.47 Å². The van der Waals surface area contributed by atoms with E-state index in [9.17, 15) is 9.59 Å². The summed E-state index contributed by atoms with van der Waals surface area (Å²) in [7, 11) is 0. The molecule has 0 N–H and O–H groups in total. The summed E-state index contributed by atoms with van der Waals surface area (Å²) in [6.07, 6.45) is 2.67. The Labute approximate surface area is 103 Å². The highest BCUT2D eigenvalue weighted by molar-refractivity contribution is 14.1. The molecule has 0 rings (SSSR count). The standard InChI is InChI=1S/C10H15IO4/c1-3-5-14-9(12)7-8(11)10(13)15-6-4-2/h7H,3-6H2,1-2H3. The first-order valence-corrected chi connectivity index (χ1v) is 5.90. The fourth-order valence-electron chi connectivity index (χ4n) is 0.670. The molecule has 0 atom stereocenters. The second kappa shape index (κ2) is 8.70. The minimum atomic E-state index is -0.505. The van der Waals surface area contributed by atoms with Crippen molar-refractivity contribution < 1.29 is 19.1 Å². The Balaban J connectivity index is 4.05. The molecule has 0 saturated heterocycles. The first-order valence-electron chi connectivity index (χ1n) is 4.82. The highest BCUT2D eigenvalue weighted by atomic mass is 127. The Morgan fingerprint density at radius 1 is 1.13 bits per heavy atom. The molecular formula is C10H15IO4. The topological polar surface area (TPSA) is 52.6 Å². The zero-order valence-corrected chi connectivity index (χ0v) is 11.1. The maximum absolute atomic E-state index is 11.2. The second-order valence-corrected chi connectivity index (χ2v) is 3.96. The van der Waals surface area contributed by atoms with Crippen LogP contribution >= 0.6 is 22.6 Å². The smallest absolute Gasteiger partial charge is 0.344 e. The molecule has 0 aromatic carbocycles. The molecule has 0 aliphatic rings. The van der Waals surface area contributed by atoms with Gasteiger partial charge >= 0.3 is 11.9 Å². The van der Waals surface area contributed by atoms with Crippen molar-refractivity contribution in [3.8, 4) is 0 Å². The van der Waals surface area contributed by atoms with Crippen molar-refractivity contribution in [2.75, 3.05) is 13.2 Å². The Bertz CT molecular complexity index is 248. The summed E-state index contributed by atoms with van der Waals surface area (Å²) in [5.74, 6) is -0.986. The lowest BCUT2D eigenvalue weighted by atomic mass is 10.5. The van der Waals surface area contributed by atoms with Crippen molar-refractivity contribution >= 4 is 34.5 Å². The van der Waals surface area contributed by atoms with Gasteiger partial charge in [0, 0.05) is 6.08 Å². The Morgan fingerprint density at radius 2 is 1.67 bits per heavy atom. The van der Waals surface area contributed by atoms with Gasteiger partial charge in [0.05, 0.1) is 13.2 Å². The molecule has 0 saturated carbocycles. The van der Waals surface area contributed by atoms with E-state index >= 15 is 0 Å². The molecule has 0 aliphatic heterocycles. The lowest BCUT2D eigenvalue weighted by Gasteiger charge is -2.02. The lowest BCUT2D eigenvalue weighted by Crippen LogP contribution is -2.08. The predicted molar refractivity (Wildman–Crippen MR) is 64.6 cm³/mol. The molecule has 0 fully saturated rings. The molecule has 0 amide bonds. The molecule has 5 heteroatoms. The number of esters is 2. The van der Waals surface area contributed by atoms with E-state index in [1.807, 2.05) is 13.8 Å². The predicted octanol–water partition coefficient (Wildman–Crippen LogP) is 2.21. The molecule has 0 aromatic heterocycles. The highest BCUT2D eigenvalue weighted by Gasteiger charge is 2.09. The highest BCUT2D eigenvalue weighted by Crippen LogP contribution is 2.08. The summed E-state index contributed by atoms with van der Waals surface area (Å²) in [5.41, 5.74) is 0. The molecule has 0 radical (unpaired) electrons. The quantitative estimate of drug-likeness (QED) is 0.427. The van der Waals surface area contributed by atoms with Gasteiger partial charge in [-0.25, -0.2) is 9.59 Å². The average molecular weight is 326 g/mol. The summed E-state index contributed by atoms with van der Waals surface area (Å²) in [6, 6.07) is 0. The first-order chi connectivity index (χ1) is 7.11. The van der Waals surface area contributed by atoms with Crippen LogP contribution in [0.5, 0.6) is 0 Å². The summed E-state index contributed by atoms with van der Waals surface area (Å²) in [6.45, 7) is 4.53. The van der Waals surface area contributed by atoms with Crippen molar-refractivity contribution in [3.63, 3.8) is 0 Å². The molecule has 15 heavy (non-hydrogen) atoms. The van der Waals surface area contributed by atoms with Crippen molar-refractivity contribution in [2.45, 2.75) is 26.7 Å². The number of ether oxygens (including phenoxy) is 2. The Hall–Kier alpha value is -0.590. The number of halogens is 1. The zero-order valence-electron chi connectivity index (χ0n) is 8.92. The van der Waals surface area contributed by atoms with Crippen LogP contribution in [0.1, 0.15) is 26.7 Å². The van der Waals surface area contributed by atoms with Crippen molar-refractivity contribution in [1.82, 2.24) is 0 Å². The third kappa shape index (κ3) is 7.35. The van der Waals surface area contributed by atoms with Crippen LogP contribution in [-0.4, -0.2) is 25.2 Å². The van der Waals surface area contributed by atoms with Gasteiger partial charge in [0.2, 0.25) is 0 Å². The number of rotatable bonds is 6. The minimum absolute atomic E-state index is 0.238. The average Bonchev–Trinajstić information content (AvgIpc) is 2.22. The summed E-state index contributed by atoms with van der Waals surface area (Å²) in [5, 5.41) is 0. The number of hydrogen-bond donors (Lipinski definition) is 0. The van der Waals surface area contributed by atoms with E-state index in [1.165, 1.54) is 0 Å². The zero-order chi connectivity index (χ0) is 11.7. The van der Waals surface area contributed by atoms with Crippen LogP contribution in [0, 0.1) is 0 Å². The molecule has 4 nitrogen and oxygen atoms in total. The van der Waals surface area contributed by atoms with Crippen molar-refractivity contribution in [1.29, 1.82) is 0 Å². The van der Waals surface area contributed by atoms with Gasteiger partial charge in [-0.05, 0) is 35.4 Å². The molecule has 0 unspecified atom stereocenters. The molecular weight excluding hydrogens is 311 g/mol. The van der Waals surface area contributed by atoms with Crippen LogP contribution in [-0.2, 0) is 19.1 Å². The minimum Gasteiger partial charge on any atom is -0.463 e. The largest absolute Gasteiger partial charge is 0.463 e. The SMILES string of the molecule is CCCOC(=O)C=C(I)C(=O)OCCC. The van der Waals surface area contributed by atoms with Gasteiger partial charge in [0.1, 0.15) is 3.58 Å². The fraction of sp³-hybridized carbons (Fsp3) is 0.600. The van der Waals surface area contributed by atoms with Crippen molar-refractivity contribution in [2.24, 2.45) is 0 Å². The van der Waals surface area contributed by atoms with E-state index in [4.69, 9.17) is 9.47 Å². The maximum atomic E-state index is 11.2. The van der Waals surface area contributed by atoms with Crippen LogP contribution < -0.4 is 0 Å². The monoisotopic (exact) mass is 326 g/mol. The second-order valence-electron chi connectivity index (χ2n) is 2.80. The van der Waals surface area contributed by atoms with Gasteiger partial charge in [-0.1, -0.05) is 13.8 Å². The van der Waals surface area contributed by atoms with E-state index in [-0.39, 0.29) is 3.58 Å². The molecule has 0 heterocycles. The van der Waals surface area contributed by atoms with Gasteiger partial charge in [-0.3, -0.25) is 0 Å². The Kier molecular flexibility index (Phi) is 8.35. The van der Waals surface area contributed by atoms with Crippen LogP contribution in [0.4, 0.5) is 0 Å². The van der Waals surface area contributed by atoms with Crippen LogP contribution in [0.2, 0.25) is 0 Å². The van der Waals surface area contributed by atoms with Gasteiger partial charge in [-0.15, -0.1) is 0 Å². The fourth-order valence-corrected chi connectivity index (χ4v) is 1.08. The van der Waals surface area contributed by atoms with Crippen LogP contribution in [0.15, 0.2) is 9.66 Å². The van der Waals surface area contributed by atoms with E-state index in [1.54, 1.807) is 22.6 Å². The van der Waals surface area contributed by atoms with E-state index < -0.39 is 11.9 Å². The van der Waals surface area contributed by atoms with Crippen LogP contribution in [0.3, 0.4) is 0 Å². The van der Waals surface area contributed by atoms with Crippen LogP contribution in [0.25, 0.3) is 0 Å². The van der Waals surface area contributed by atoms with Gasteiger partial charge in [0.25, 0.3) is 0 Å². The number of carbonyl (C=O) groups excluding carboxylic acids is 2.